The van der Waals surface area contributed by atoms with Gasteiger partial charge in [0.05, 0.1) is 10.7 Å². The Morgan fingerprint density at radius 2 is 1.86 bits per heavy atom. The lowest BCUT2D eigenvalue weighted by molar-refractivity contribution is 0.589. The van der Waals surface area contributed by atoms with Gasteiger partial charge in [-0.1, -0.05) is 45.0 Å². The second kappa shape index (κ2) is 6.24. The van der Waals surface area contributed by atoms with Crippen LogP contribution >= 0.6 is 11.8 Å². The highest BCUT2D eigenvalue weighted by molar-refractivity contribution is 7.99. The Hall–Kier alpha value is -1.26. The van der Waals surface area contributed by atoms with Gasteiger partial charge in [-0.05, 0) is 29.5 Å². The van der Waals surface area contributed by atoms with Gasteiger partial charge in [-0.15, -0.1) is 11.8 Å². The fraction of sp³-hybridized carbons (Fsp3) is 0.471. The minimum atomic E-state index is 0.0409. The summed E-state index contributed by atoms with van der Waals surface area (Å²) in [6.45, 7) is 8.68. The predicted molar refractivity (Wildman–Crippen MR) is 90.7 cm³/mol. The summed E-state index contributed by atoms with van der Waals surface area (Å²) in [7, 11) is 1.97. The van der Waals surface area contributed by atoms with Crippen LogP contribution in [0.1, 0.15) is 43.6 Å². The van der Waals surface area contributed by atoms with Crippen molar-refractivity contribution in [3.8, 4) is 0 Å². The summed E-state index contributed by atoms with van der Waals surface area (Å²) in [6.07, 6.45) is 0. The monoisotopic (exact) mass is 303 g/mol. The van der Waals surface area contributed by atoms with Crippen LogP contribution < -0.4 is 5.73 Å². The molecule has 1 atom stereocenters. The van der Waals surface area contributed by atoms with E-state index < -0.39 is 0 Å². The molecule has 1 unspecified atom stereocenters. The average molecular weight is 303 g/mol. The minimum absolute atomic E-state index is 0.0409. The van der Waals surface area contributed by atoms with E-state index in [1.165, 1.54) is 11.1 Å². The number of benzene rings is 1. The summed E-state index contributed by atoms with van der Waals surface area (Å²) in [4.78, 5) is 0. The maximum Gasteiger partial charge on any atom is 0.0939 e. The first kappa shape index (κ1) is 16.1. The van der Waals surface area contributed by atoms with Gasteiger partial charge in [0.2, 0.25) is 0 Å². The number of aryl methyl sites for hydroxylation is 2. The summed E-state index contributed by atoms with van der Waals surface area (Å²) in [5.74, 6) is 0.855. The van der Waals surface area contributed by atoms with Crippen LogP contribution in [-0.2, 0) is 12.5 Å². The smallest absolute Gasteiger partial charge is 0.0939 e. The third kappa shape index (κ3) is 4.11. The molecular weight excluding hydrogens is 278 g/mol. The van der Waals surface area contributed by atoms with Gasteiger partial charge in [0.15, 0.2) is 0 Å². The molecule has 2 N–H and O–H groups in total. The normalized spacial score (nSPS) is 13.4. The van der Waals surface area contributed by atoms with Crippen LogP contribution in [0.3, 0.4) is 0 Å². The molecule has 1 aromatic heterocycles. The Bertz CT molecular complexity index is 593. The van der Waals surface area contributed by atoms with E-state index in [2.05, 4.69) is 56.2 Å². The molecule has 0 fully saturated rings. The molecule has 0 aliphatic carbocycles. The molecule has 0 bridgehead atoms. The standard InChI is InChI=1S/C17H25N3S/c1-12-10-16(20(5)19-12)21-11-15(18)13-6-8-14(9-7-13)17(2,3)4/h6-10,15H,11,18H2,1-5H3. The Balaban J connectivity index is 2.00. The lowest BCUT2D eigenvalue weighted by Gasteiger charge is -2.20. The quantitative estimate of drug-likeness (QED) is 0.873. The second-order valence-corrected chi connectivity index (χ2v) is 7.58. The molecule has 3 nitrogen and oxygen atoms in total. The van der Waals surface area contributed by atoms with Gasteiger partial charge in [-0.25, -0.2) is 0 Å². The Morgan fingerprint density at radius 1 is 1.24 bits per heavy atom. The SMILES string of the molecule is Cc1cc(SCC(N)c2ccc(C(C)(C)C)cc2)n(C)n1. The zero-order valence-corrected chi connectivity index (χ0v) is 14.4. The zero-order chi connectivity index (χ0) is 15.6. The highest BCUT2D eigenvalue weighted by Gasteiger charge is 2.14. The number of hydrogen-bond donors (Lipinski definition) is 1. The third-order valence-electron chi connectivity index (χ3n) is 3.57. The number of nitrogens with zero attached hydrogens (tertiary/aromatic N) is 2. The number of hydrogen-bond acceptors (Lipinski definition) is 3. The van der Waals surface area contributed by atoms with E-state index in [4.69, 9.17) is 5.73 Å². The largest absolute Gasteiger partial charge is 0.323 e. The van der Waals surface area contributed by atoms with Crippen molar-refractivity contribution in [2.75, 3.05) is 5.75 Å². The van der Waals surface area contributed by atoms with Crippen molar-refractivity contribution in [1.82, 2.24) is 9.78 Å². The van der Waals surface area contributed by atoms with Gasteiger partial charge in [-0.2, -0.15) is 5.10 Å². The molecule has 0 aliphatic heterocycles. The minimum Gasteiger partial charge on any atom is -0.323 e. The van der Waals surface area contributed by atoms with Crippen molar-refractivity contribution in [3.63, 3.8) is 0 Å². The van der Waals surface area contributed by atoms with Crippen molar-refractivity contribution in [2.24, 2.45) is 12.8 Å². The Morgan fingerprint density at radius 3 is 2.33 bits per heavy atom. The molecule has 4 heteroatoms. The summed E-state index contributed by atoms with van der Waals surface area (Å²) in [5.41, 5.74) is 10.1. The first-order valence-electron chi connectivity index (χ1n) is 7.27. The molecule has 0 saturated heterocycles. The van der Waals surface area contributed by atoms with E-state index in [0.29, 0.717) is 0 Å². The van der Waals surface area contributed by atoms with Gasteiger partial charge < -0.3 is 5.73 Å². The first-order valence-corrected chi connectivity index (χ1v) is 8.25. The van der Waals surface area contributed by atoms with Crippen molar-refractivity contribution in [2.45, 2.75) is 44.2 Å². The van der Waals surface area contributed by atoms with Crippen LogP contribution in [0, 0.1) is 6.92 Å². The maximum absolute atomic E-state index is 6.31. The van der Waals surface area contributed by atoms with Crippen molar-refractivity contribution in [1.29, 1.82) is 0 Å². The van der Waals surface area contributed by atoms with E-state index in [1.807, 2.05) is 18.7 Å². The third-order valence-corrected chi connectivity index (χ3v) is 4.78. The molecule has 0 radical (unpaired) electrons. The molecule has 114 valence electrons. The van der Waals surface area contributed by atoms with Gasteiger partial charge in [-0.3, -0.25) is 4.68 Å². The average Bonchev–Trinajstić information content (AvgIpc) is 2.73. The molecule has 1 heterocycles. The highest BCUT2D eigenvalue weighted by atomic mass is 32.2. The van der Waals surface area contributed by atoms with E-state index in [9.17, 15) is 0 Å². The molecule has 2 aromatic rings. The number of nitrogens with two attached hydrogens (primary N) is 1. The van der Waals surface area contributed by atoms with E-state index >= 15 is 0 Å². The van der Waals surface area contributed by atoms with Crippen LogP contribution in [-0.4, -0.2) is 15.5 Å². The molecule has 0 spiro atoms. The topological polar surface area (TPSA) is 43.8 Å². The number of thioether (sulfide) groups is 1. The van der Waals surface area contributed by atoms with Crippen molar-refractivity contribution in [3.05, 3.63) is 47.2 Å². The summed E-state index contributed by atoms with van der Waals surface area (Å²) < 4.78 is 1.91. The van der Waals surface area contributed by atoms with Crippen LogP contribution in [0.25, 0.3) is 0 Å². The molecule has 2 rings (SSSR count). The Labute approximate surface area is 131 Å². The van der Waals surface area contributed by atoms with E-state index in [0.717, 1.165) is 16.5 Å². The lowest BCUT2D eigenvalue weighted by Crippen LogP contribution is -2.15. The zero-order valence-electron chi connectivity index (χ0n) is 13.6. The van der Waals surface area contributed by atoms with E-state index in [-0.39, 0.29) is 11.5 Å². The molecular formula is C17H25N3S. The summed E-state index contributed by atoms with van der Waals surface area (Å²) in [5, 5.41) is 5.52. The molecule has 1 aromatic carbocycles. The highest BCUT2D eigenvalue weighted by Crippen LogP contribution is 2.26. The van der Waals surface area contributed by atoms with Crippen molar-refractivity contribution >= 4 is 11.8 Å². The molecule has 0 amide bonds. The van der Waals surface area contributed by atoms with Crippen LogP contribution in [0.15, 0.2) is 35.4 Å². The molecule has 0 saturated carbocycles. The van der Waals surface area contributed by atoms with Crippen LogP contribution in [0.5, 0.6) is 0 Å². The summed E-state index contributed by atoms with van der Waals surface area (Å²) >= 11 is 1.76. The first-order chi connectivity index (χ1) is 9.77. The van der Waals surface area contributed by atoms with Gasteiger partial charge in [0.1, 0.15) is 0 Å². The predicted octanol–water partition coefficient (Wildman–Crippen LogP) is 3.82. The van der Waals surface area contributed by atoms with Crippen molar-refractivity contribution < 1.29 is 0 Å². The Kier molecular flexibility index (Phi) is 4.79. The van der Waals surface area contributed by atoms with Crippen LogP contribution in [0.4, 0.5) is 0 Å². The van der Waals surface area contributed by atoms with Gasteiger partial charge in [0.25, 0.3) is 0 Å². The summed E-state index contributed by atoms with van der Waals surface area (Å²) in [6, 6.07) is 10.8. The fourth-order valence-electron chi connectivity index (χ4n) is 2.22. The lowest BCUT2D eigenvalue weighted by atomic mass is 9.86. The van der Waals surface area contributed by atoms with Gasteiger partial charge >= 0.3 is 0 Å². The molecule has 0 aliphatic rings. The fourth-order valence-corrected chi connectivity index (χ4v) is 3.25. The maximum atomic E-state index is 6.31. The number of aromatic nitrogens is 2. The number of rotatable bonds is 4. The molecule has 21 heavy (non-hydrogen) atoms. The van der Waals surface area contributed by atoms with Gasteiger partial charge in [0, 0.05) is 18.8 Å². The van der Waals surface area contributed by atoms with E-state index in [1.54, 1.807) is 11.8 Å². The van der Waals surface area contributed by atoms with Crippen LogP contribution in [0.2, 0.25) is 0 Å². The second-order valence-electron chi connectivity index (χ2n) is 6.54.